The van der Waals surface area contributed by atoms with Crippen LogP contribution in [0.1, 0.15) is 16.7 Å². The highest BCUT2D eigenvalue weighted by Crippen LogP contribution is 2.24. The van der Waals surface area contributed by atoms with E-state index >= 15 is 0 Å². The fraction of sp³-hybridized carbons (Fsp3) is 0.333. The van der Waals surface area contributed by atoms with Gasteiger partial charge in [0, 0.05) is 18.4 Å². The van der Waals surface area contributed by atoms with E-state index in [4.69, 9.17) is 4.74 Å². The first-order chi connectivity index (χ1) is 15.9. The molecule has 174 valence electrons. The molecule has 1 heterocycles. The van der Waals surface area contributed by atoms with Gasteiger partial charge in [-0.3, -0.25) is 14.2 Å². The lowest BCUT2D eigenvalue weighted by Crippen LogP contribution is -2.34. The number of methoxy groups -OCH3 is 1. The molecule has 9 heteroatoms. The van der Waals surface area contributed by atoms with Gasteiger partial charge in [-0.2, -0.15) is 0 Å². The van der Waals surface area contributed by atoms with E-state index in [-0.39, 0.29) is 24.1 Å². The average molecular weight is 468 g/mol. The minimum Gasteiger partial charge on any atom is -0.383 e. The molecule has 0 saturated carbocycles. The number of hydrogen-bond acceptors (Lipinski definition) is 6. The number of carbonyl (C=O) groups is 2. The smallest absolute Gasteiger partial charge is 0.243 e. The first-order valence-corrected chi connectivity index (χ1v) is 11.6. The molecule has 3 rings (SSSR count). The standard InChI is InChI=1S/C24H29N5O3S/c1-16-7-5-9-19(13-16)23-27-28-24(29(23)11-12-32-4)33-15-22(31)25-14-21(30)26-20-10-6-8-17(2)18(20)3/h5-10,13H,11-12,14-15H2,1-4H3,(H,25,31)(H,26,30). The van der Waals surface area contributed by atoms with Crippen molar-refractivity contribution in [1.82, 2.24) is 20.1 Å². The van der Waals surface area contributed by atoms with E-state index in [2.05, 4.69) is 20.8 Å². The Morgan fingerprint density at radius 2 is 1.85 bits per heavy atom. The molecule has 0 radical (unpaired) electrons. The van der Waals surface area contributed by atoms with Crippen LogP contribution >= 0.6 is 11.8 Å². The first-order valence-electron chi connectivity index (χ1n) is 10.6. The molecule has 0 spiro atoms. The third kappa shape index (κ3) is 6.66. The highest BCUT2D eigenvalue weighted by atomic mass is 32.2. The number of nitrogens with zero attached hydrogens (tertiary/aromatic N) is 3. The Hall–Kier alpha value is -3.17. The number of benzene rings is 2. The molecule has 2 N–H and O–H groups in total. The van der Waals surface area contributed by atoms with Crippen LogP contribution in [-0.2, 0) is 20.9 Å². The number of carbonyl (C=O) groups excluding carboxylic acids is 2. The topological polar surface area (TPSA) is 98.1 Å². The van der Waals surface area contributed by atoms with Crippen molar-refractivity contribution in [3.05, 3.63) is 59.2 Å². The van der Waals surface area contributed by atoms with Crippen LogP contribution in [0, 0.1) is 20.8 Å². The number of aromatic nitrogens is 3. The van der Waals surface area contributed by atoms with Gasteiger partial charge in [0.05, 0.1) is 25.4 Å². The van der Waals surface area contributed by atoms with Crippen LogP contribution in [0.5, 0.6) is 0 Å². The van der Waals surface area contributed by atoms with Crippen LogP contribution < -0.4 is 10.6 Å². The van der Waals surface area contributed by atoms with E-state index in [1.165, 1.54) is 11.8 Å². The lowest BCUT2D eigenvalue weighted by atomic mass is 10.1. The van der Waals surface area contributed by atoms with Crippen molar-refractivity contribution in [1.29, 1.82) is 0 Å². The first kappa shape index (κ1) is 24.5. The van der Waals surface area contributed by atoms with E-state index in [1.54, 1.807) is 7.11 Å². The Balaban J connectivity index is 1.58. The molecular weight excluding hydrogens is 438 g/mol. The van der Waals surface area contributed by atoms with E-state index < -0.39 is 0 Å². The Morgan fingerprint density at radius 1 is 1.06 bits per heavy atom. The third-order valence-electron chi connectivity index (χ3n) is 5.17. The van der Waals surface area contributed by atoms with Gasteiger partial charge in [0.1, 0.15) is 0 Å². The van der Waals surface area contributed by atoms with Gasteiger partial charge >= 0.3 is 0 Å². The summed E-state index contributed by atoms with van der Waals surface area (Å²) in [6, 6.07) is 13.7. The van der Waals surface area contributed by atoms with Gasteiger partial charge in [0.15, 0.2) is 11.0 Å². The zero-order chi connectivity index (χ0) is 23.8. The lowest BCUT2D eigenvalue weighted by molar-refractivity contribution is -0.122. The molecule has 33 heavy (non-hydrogen) atoms. The number of thioether (sulfide) groups is 1. The highest BCUT2D eigenvalue weighted by molar-refractivity contribution is 7.99. The molecule has 2 amide bonds. The number of hydrogen-bond donors (Lipinski definition) is 2. The molecule has 0 bridgehead atoms. The average Bonchev–Trinajstić information content (AvgIpc) is 3.20. The van der Waals surface area contributed by atoms with Crippen LogP contribution in [0.25, 0.3) is 11.4 Å². The van der Waals surface area contributed by atoms with Crippen molar-refractivity contribution in [2.24, 2.45) is 0 Å². The summed E-state index contributed by atoms with van der Waals surface area (Å²) in [7, 11) is 1.64. The van der Waals surface area contributed by atoms with Gasteiger partial charge < -0.3 is 15.4 Å². The van der Waals surface area contributed by atoms with Gasteiger partial charge in [-0.25, -0.2) is 0 Å². The monoisotopic (exact) mass is 467 g/mol. The normalized spacial score (nSPS) is 10.8. The van der Waals surface area contributed by atoms with Crippen molar-refractivity contribution in [2.45, 2.75) is 32.5 Å². The molecule has 0 saturated heterocycles. The van der Waals surface area contributed by atoms with Gasteiger partial charge in [0.25, 0.3) is 0 Å². The SMILES string of the molecule is COCCn1c(SCC(=O)NCC(=O)Nc2cccc(C)c2C)nnc1-c1cccc(C)c1. The fourth-order valence-electron chi connectivity index (χ4n) is 3.22. The predicted octanol–water partition coefficient (Wildman–Crippen LogP) is 3.36. The van der Waals surface area contributed by atoms with E-state index in [0.29, 0.717) is 18.3 Å². The van der Waals surface area contributed by atoms with Crippen molar-refractivity contribution in [2.75, 3.05) is 31.3 Å². The summed E-state index contributed by atoms with van der Waals surface area (Å²) >= 11 is 1.28. The number of amides is 2. The van der Waals surface area contributed by atoms with Crippen LogP contribution in [-0.4, -0.2) is 52.6 Å². The van der Waals surface area contributed by atoms with Crippen LogP contribution in [0.4, 0.5) is 5.69 Å². The van der Waals surface area contributed by atoms with E-state index in [9.17, 15) is 9.59 Å². The summed E-state index contributed by atoms with van der Waals surface area (Å²) in [6.07, 6.45) is 0. The van der Waals surface area contributed by atoms with Crippen molar-refractivity contribution in [3.8, 4) is 11.4 Å². The number of nitrogens with one attached hydrogen (secondary N) is 2. The molecule has 3 aromatic rings. The van der Waals surface area contributed by atoms with Crippen LogP contribution in [0.15, 0.2) is 47.6 Å². The molecule has 0 aliphatic heterocycles. The number of rotatable bonds is 10. The summed E-state index contributed by atoms with van der Waals surface area (Å²) in [6.45, 7) is 6.92. The predicted molar refractivity (Wildman–Crippen MR) is 130 cm³/mol. The minimum absolute atomic E-state index is 0.0995. The maximum atomic E-state index is 12.3. The van der Waals surface area contributed by atoms with E-state index in [1.807, 2.05) is 67.8 Å². The maximum Gasteiger partial charge on any atom is 0.243 e. The second kappa shape index (κ2) is 11.6. The van der Waals surface area contributed by atoms with Crippen molar-refractivity contribution < 1.29 is 14.3 Å². The Bertz CT molecular complexity index is 1130. The third-order valence-corrected chi connectivity index (χ3v) is 6.14. The minimum atomic E-state index is -0.271. The van der Waals surface area contributed by atoms with Gasteiger partial charge in [0.2, 0.25) is 11.8 Å². The maximum absolute atomic E-state index is 12.3. The quantitative estimate of drug-likeness (QED) is 0.444. The molecule has 2 aromatic carbocycles. The molecule has 1 aromatic heterocycles. The van der Waals surface area contributed by atoms with Crippen molar-refractivity contribution >= 4 is 29.3 Å². The zero-order valence-electron chi connectivity index (χ0n) is 19.3. The summed E-state index contributed by atoms with van der Waals surface area (Å²) < 4.78 is 7.18. The van der Waals surface area contributed by atoms with Crippen LogP contribution in [0.2, 0.25) is 0 Å². The molecule has 0 unspecified atom stereocenters. The molecular formula is C24H29N5O3S. The lowest BCUT2D eigenvalue weighted by Gasteiger charge is -2.11. The largest absolute Gasteiger partial charge is 0.383 e. The summed E-state index contributed by atoms with van der Waals surface area (Å²) in [4.78, 5) is 24.6. The summed E-state index contributed by atoms with van der Waals surface area (Å²) in [5, 5.41) is 14.7. The zero-order valence-corrected chi connectivity index (χ0v) is 20.2. The van der Waals surface area contributed by atoms with Gasteiger partial charge in [-0.15, -0.1) is 10.2 Å². The van der Waals surface area contributed by atoms with E-state index in [0.717, 1.165) is 33.8 Å². The number of anilines is 1. The number of ether oxygens (including phenoxy) is 1. The second-order valence-electron chi connectivity index (χ2n) is 7.68. The highest BCUT2D eigenvalue weighted by Gasteiger charge is 2.16. The molecule has 0 aliphatic carbocycles. The molecule has 8 nitrogen and oxygen atoms in total. The van der Waals surface area contributed by atoms with Crippen LogP contribution in [0.3, 0.4) is 0 Å². The van der Waals surface area contributed by atoms with Gasteiger partial charge in [-0.05, 0) is 44.0 Å². The Labute approximate surface area is 198 Å². The van der Waals surface area contributed by atoms with Crippen molar-refractivity contribution in [3.63, 3.8) is 0 Å². The van der Waals surface area contributed by atoms with Gasteiger partial charge in [-0.1, -0.05) is 47.7 Å². The summed E-state index contributed by atoms with van der Waals surface area (Å²) in [5.74, 6) is 0.323. The molecule has 0 fully saturated rings. The Kier molecular flexibility index (Phi) is 8.62. The number of aryl methyl sites for hydroxylation is 2. The summed E-state index contributed by atoms with van der Waals surface area (Å²) in [5.41, 5.74) is 4.93. The fourth-order valence-corrected chi connectivity index (χ4v) is 4.01. The molecule has 0 aliphatic rings. The second-order valence-corrected chi connectivity index (χ2v) is 8.62. The Morgan fingerprint density at radius 3 is 2.61 bits per heavy atom. The molecule has 0 atom stereocenters.